The second kappa shape index (κ2) is 4.20. The van der Waals surface area contributed by atoms with Crippen molar-refractivity contribution in [2.45, 2.75) is 25.7 Å². The SMILES string of the molecule is ClC(Br)=CC1=CCCCC1. The molecule has 56 valence electrons. The third-order valence-electron chi connectivity index (χ3n) is 1.62. The fraction of sp³-hybridized carbons (Fsp3) is 0.500. The average Bonchev–Trinajstić information content (AvgIpc) is 1.88. The fourth-order valence-corrected chi connectivity index (χ4v) is 1.57. The van der Waals surface area contributed by atoms with Crippen LogP contribution in [0, 0.1) is 0 Å². The Morgan fingerprint density at radius 2 is 2.40 bits per heavy atom. The summed E-state index contributed by atoms with van der Waals surface area (Å²) < 4.78 is 0.709. The van der Waals surface area contributed by atoms with Gasteiger partial charge in [-0.25, -0.2) is 0 Å². The van der Waals surface area contributed by atoms with E-state index in [-0.39, 0.29) is 0 Å². The highest BCUT2D eigenvalue weighted by atomic mass is 79.9. The zero-order valence-electron chi connectivity index (χ0n) is 5.74. The number of allylic oxidation sites excluding steroid dienone is 3. The lowest BCUT2D eigenvalue weighted by molar-refractivity contribution is 0.712. The summed E-state index contributed by atoms with van der Waals surface area (Å²) in [5, 5.41) is 0. The van der Waals surface area contributed by atoms with E-state index >= 15 is 0 Å². The molecule has 0 unspecified atom stereocenters. The van der Waals surface area contributed by atoms with E-state index in [0.717, 1.165) is 0 Å². The molecule has 0 saturated heterocycles. The van der Waals surface area contributed by atoms with E-state index < -0.39 is 0 Å². The van der Waals surface area contributed by atoms with Gasteiger partial charge in [-0.05, 0) is 53.3 Å². The minimum atomic E-state index is 0.709. The van der Waals surface area contributed by atoms with Gasteiger partial charge >= 0.3 is 0 Å². The molecular weight excluding hydrogens is 211 g/mol. The maximum Gasteiger partial charge on any atom is 0.0836 e. The van der Waals surface area contributed by atoms with Crippen LogP contribution in [0.15, 0.2) is 21.7 Å². The molecule has 1 aliphatic carbocycles. The molecule has 0 aromatic carbocycles. The Balaban J connectivity index is 2.54. The molecule has 0 aromatic heterocycles. The molecule has 0 heterocycles. The molecule has 0 fully saturated rings. The Hall–Kier alpha value is 0.250. The molecule has 0 bridgehead atoms. The highest BCUT2D eigenvalue weighted by Crippen LogP contribution is 2.22. The minimum Gasteiger partial charge on any atom is -0.0812 e. The first-order chi connectivity index (χ1) is 4.79. The molecule has 0 nitrogen and oxygen atoms in total. The maximum absolute atomic E-state index is 5.65. The molecule has 0 aromatic rings. The molecule has 1 rings (SSSR count). The highest BCUT2D eigenvalue weighted by Gasteiger charge is 2.00. The normalized spacial score (nSPS) is 20.6. The van der Waals surface area contributed by atoms with Crippen LogP contribution in [-0.4, -0.2) is 0 Å². The summed E-state index contributed by atoms with van der Waals surface area (Å²) in [5.74, 6) is 0. The standard InChI is InChI=1S/C8H10BrCl/c9-8(10)6-7-4-2-1-3-5-7/h4,6H,1-3,5H2. The van der Waals surface area contributed by atoms with Crippen molar-refractivity contribution >= 4 is 27.5 Å². The molecule has 0 aliphatic heterocycles. The van der Waals surface area contributed by atoms with Gasteiger partial charge < -0.3 is 0 Å². The number of hydrogen-bond acceptors (Lipinski definition) is 0. The van der Waals surface area contributed by atoms with Crippen LogP contribution in [0.1, 0.15) is 25.7 Å². The fourth-order valence-electron chi connectivity index (χ4n) is 1.13. The Labute approximate surface area is 75.1 Å². The van der Waals surface area contributed by atoms with Crippen molar-refractivity contribution in [2.75, 3.05) is 0 Å². The summed E-state index contributed by atoms with van der Waals surface area (Å²) in [7, 11) is 0. The summed E-state index contributed by atoms with van der Waals surface area (Å²) in [5.41, 5.74) is 1.37. The van der Waals surface area contributed by atoms with Gasteiger partial charge in [0.2, 0.25) is 0 Å². The molecule has 0 N–H and O–H groups in total. The summed E-state index contributed by atoms with van der Waals surface area (Å²) in [6, 6.07) is 0. The van der Waals surface area contributed by atoms with E-state index in [1.165, 1.54) is 31.3 Å². The quantitative estimate of drug-likeness (QED) is 0.629. The molecule has 0 amide bonds. The molecule has 1 aliphatic rings. The van der Waals surface area contributed by atoms with E-state index in [1.54, 1.807) is 0 Å². The Kier molecular flexibility index (Phi) is 3.50. The van der Waals surface area contributed by atoms with Gasteiger partial charge in [-0.1, -0.05) is 17.7 Å². The van der Waals surface area contributed by atoms with E-state index in [9.17, 15) is 0 Å². The van der Waals surface area contributed by atoms with Crippen molar-refractivity contribution in [3.8, 4) is 0 Å². The van der Waals surface area contributed by atoms with Crippen molar-refractivity contribution in [1.29, 1.82) is 0 Å². The molecular formula is C8H10BrCl. The first-order valence-electron chi connectivity index (χ1n) is 3.51. The maximum atomic E-state index is 5.65. The summed E-state index contributed by atoms with van der Waals surface area (Å²) >= 11 is 8.84. The number of halogens is 2. The predicted octanol–water partition coefficient (Wildman–Crippen LogP) is 3.96. The smallest absolute Gasteiger partial charge is 0.0812 e. The summed E-state index contributed by atoms with van der Waals surface area (Å²) in [6.45, 7) is 0. The van der Waals surface area contributed by atoms with Crippen LogP contribution in [0.2, 0.25) is 0 Å². The van der Waals surface area contributed by atoms with E-state index in [2.05, 4.69) is 22.0 Å². The first kappa shape index (κ1) is 8.35. The van der Waals surface area contributed by atoms with E-state index in [4.69, 9.17) is 11.6 Å². The van der Waals surface area contributed by atoms with Crippen molar-refractivity contribution in [3.63, 3.8) is 0 Å². The van der Waals surface area contributed by atoms with Crippen molar-refractivity contribution in [3.05, 3.63) is 21.7 Å². The zero-order valence-corrected chi connectivity index (χ0v) is 8.08. The molecule has 10 heavy (non-hydrogen) atoms. The van der Waals surface area contributed by atoms with Crippen LogP contribution >= 0.6 is 27.5 Å². The molecule has 2 heteroatoms. The lowest BCUT2D eigenvalue weighted by Gasteiger charge is -2.07. The summed E-state index contributed by atoms with van der Waals surface area (Å²) in [4.78, 5) is 0. The summed E-state index contributed by atoms with van der Waals surface area (Å²) in [6.07, 6.45) is 9.27. The van der Waals surface area contributed by atoms with E-state index in [1.807, 2.05) is 6.08 Å². The second-order valence-corrected chi connectivity index (χ2v) is 4.18. The van der Waals surface area contributed by atoms with Gasteiger partial charge in [0, 0.05) is 0 Å². The average molecular weight is 222 g/mol. The van der Waals surface area contributed by atoms with Crippen LogP contribution < -0.4 is 0 Å². The van der Waals surface area contributed by atoms with Crippen molar-refractivity contribution < 1.29 is 0 Å². The predicted molar refractivity (Wildman–Crippen MR) is 49.4 cm³/mol. The Morgan fingerprint density at radius 1 is 1.60 bits per heavy atom. The van der Waals surface area contributed by atoms with Crippen LogP contribution in [0.5, 0.6) is 0 Å². The van der Waals surface area contributed by atoms with Crippen molar-refractivity contribution in [1.82, 2.24) is 0 Å². The van der Waals surface area contributed by atoms with Crippen LogP contribution in [0.4, 0.5) is 0 Å². The van der Waals surface area contributed by atoms with Gasteiger partial charge in [0.15, 0.2) is 0 Å². The van der Waals surface area contributed by atoms with Gasteiger partial charge in [0.25, 0.3) is 0 Å². The van der Waals surface area contributed by atoms with Gasteiger partial charge in [-0.2, -0.15) is 0 Å². The van der Waals surface area contributed by atoms with Gasteiger partial charge in [0.05, 0.1) is 3.94 Å². The Morgan fingerprint density at radius 3 is 2.90 bits per heavy atom. The minimum absolute atomic E-state index is 0.709. The van der Waals surface area contributed by atoms with Gasteiger partial charge in [-0.15, -0.1) is 0 Å². The van der Waals surface area contributed by atoms with E-state index in [0.29, 0.717) is 3.94 Å². The molecule has 0 spiro atoms. The number of hydrogen-bond donors (Lipinski definition) is 0. The van der Waals surface area contributed by atoms with Crippen LogP contribution in [0.3, 0.4) is 0 Å². The zero-order chi connectivity index (χ0) is 7.40. The van der Waals surface area contributed by atoms with Crippen LogP contribution in [-0.2, 0) is 0 Å². The largest absolute Gasteiger partial charge is 0.0836 e. The molecule has 0 radical (unpaired) electrons. The highest BCUT2D eigenvalue weighted by molar-refractivity contribution is 9.12. The number of rotatable bonds is 1. The Bertz CT molecular complexity index is 166. The van der Waals surface area contributed by atoms with Gasteiger partial charge in [0.1, 0.15) is 0 Å². The lowest BCUT2D eigenvalue weighted by Crippen LogP contribution is -1.87. The van der Waals surface area contributed by atoms with Gasteiger partial charge in [-0.3, -0.25) is 0 Å². The lowest BCUT2D eigenvalue weighted by atomic mass is 10.00. The third kappa shape index (κ3) is 2.89. The topological polar surface area (TPSA) is 0 Å². The van der Waals surface area contributed by atoms with Crippen LogP contribution in [0.25, 0.3) is 0 Å². The third-order valence-corrected chi connectivity index (χ3v) is 1.96. The van der Waals surface area contributed by atoms with Crippen molar-refractivity contribution in [2.24, 2.45) is 0 Å². The second-order valence-electron chi connectivity index (χ2n) is 2.46. The molecule has 0 atom stereocenters. The first-order valence-corrected chi connectivity index (χ1v) is 4.68. The monoisotopic (exact) mass is 220 g/mol. The molecule has 0 saturated carbocycles.